The zero-order chi connectivity index (χ0) is 13.1. The van der Waals surface area contributed by atoms with E-state index < -0.39 is 4.92 Å². The minimum atomic E-state index is -0.461. The van der Waals surface area contributed by atoms with Gasteiger partial charge in [0.25, 0.3) is 11.6 Å². The summed E-state index contributed by atoms with van der Waals surface area (Å²) in [5.74, 6) is -0.322. The van der Waals surface area contributed by atoms with Crippen LogP contribution >= 0.6 is 0 Å². The molecule has 0 saturated carbocycles. The molecule has 2 aromatic rings. The highest BCUT2D eigenvalue weighted by Gasteiger charge is 2.12. The number of amides is 1. The number of nitrogens with one attached hydrogen (secondary N) is 2. The Hall–Kier alpha value is -2.70. The Balaban J connectivity index is 2.18. The average molecular weight is 246 g/mol. The highest BCUT2D eigenvalue weighted by atomic mass is 16.6. The van der Waals surface area contributed by atoms with Gasteiger partial charge in [-0.1, -0.05) is 0 Å². The quantitative estimate of drug-likeness (QED) is 0.637. The van der Waals surface area contributed by atoms with Crippen molar-refractivity contribution in [1.82, 2.24) is 10.2 Å². The lowest BCUT2D eigenvalue weighted by atomic mass is 10.2. The molecule has 0 radical (unpaired) electrons. The SMILES string of the molecule is Cc1cc(NC(=O)c2cn[nH]c2)ccc1[N+](=O)[O-]. The van der Waals surface area contributed by atoms with E-state index in [1.807, 2.05) is 0 Å². The maximum atomic E-state index is 11.7. The number of anilines is 1. The van der Waals surface area contributed by atoms with Crippen molar-refractivity contribution in [1.29, 1.82) is 0 Å². The van der Waals surface area contributed by atoms with E-state index in [1.165, 1.54) is 24.5 Å². The topological polar surface area (TPSA) is 101 Å². The number of nitro benzene ring substituents is 1. The number of benzene rings is 1. The highest BCUT2D eigenvalue weighted by Crippen LogP contribution is 2.21. The number of aromatic nitrogens is 2. The lowest BCUT2D eigenvalue weighted by molar-refractivity contribution is -0.385. The zero-order valence-electron chi connectivity index (χ0n) is 9.51. The molecule has 1 heterocycles. The summed E-state index contributed by atoms with van der Waals surface area (Å²) in [7, 11) is 0. The number of aromatic amines is 1. The third-order valence-electron chi connectivity index (χ3n) is 2.41. The van der Waals surface area contributed by atoms with Gasteiger partial charge >= 0.3 is 0 Å². The molecule has 1 aromatic carbocycles. The lowest BCUT2D eigenvalue weighted by Crippen LogP contribution is -2.11. The zero-order valence-corrected chi connectivity index (χ0v) is 9.51. The predicted molar refractivity (Wildman–Crippen MR) is 64.4 cm³/mol. The standard InChI is InChI=1S/C11H10N4O3/c1-7-4-9(2-3-10(7)15(17)18)14-11(16)8-5-12-13-6-8/h2-6H,1H3,(H,12,13)(H,14,16). The first-order valence-corrected chi connectivity index (χ1v) is 5.13. The molecular formula is C11H10N4O3. The Kier molecular flexibility index (Phi) is 3.05. The van der Waals surface area contributed by atoms with Gasteiger partial charge in [0, 0.05) is 23.5 Å². The van der Waals surface area contributed by atoms with E-state index >= 15 is 0 Å². The second-order valence-electron chi connectivity index (χ2n) is 3.70. The summed E-state index contributed by atoms with van der Waals surface area (Å²) in [4.78, 5) is 21.9. The van der Waals surface area contributed by atoms with Crippen molar-refractivity contribution in [3.05, 3.63) is 51.8 Å². The van der Waals surface area contributed by atoms with E-state index in [-0.39, 0.29) is 11.6 Å². The Bertz CT molecular complexity index is 592. The van der Waals surface area contributed by atoms with E-state index in [9.17, 15) is 14.9 Å². The summed E-state index contributed by atoms with van der Waals surface area (Å²) < 4.78 is 0. The van der Waals surface area contributed by atoms with Gasteiger partial charge < -0.3 is 5.32 Å². The monoisotopic (exact) mass is 246 g/mol. The summed E-state index contributed by atoms with van der Waals surface area (Å²) in [6.45, 7) is 1.62. The number of carbonyl (C=O) groups is 1. The fourth-order valence-corrected chi connectivity index (χ4v) is 1.52. The number of aryl methyl sites for hydroxylation is 1. The number of hydrogen-bond acceptors (Lipinski definition) is 4. The van der Waals surface area contributed by atoms with Crippen LogP contribution in [-0.4, -0.2) is 21.0 Å². The number of rotatable bonds is 3. The predicted octanol–water partition coefficient (Wildman–Crippen LogP) is 1.88. The van der Waals surface area contributed by atoms with Gasteiger partial charge in [0.2, 0.25) is 0 Å². The van der Waals surface area contributed by atoms with E-state index in [0.717, 1.165) is 0 Å². The van der Waals surface area contributed by atoms with Crippen LogP contribution in [0.15, 0.2) is 30.6 Å². The normalized spacial score (nSPS) is 10.1. The van der Waals surface area contributed by atoms with E-state index in [1.54, 1.807) is 13.0 Å². The third-order valence-corrected chi connectivity index (χ3v) is 2.41. The highest BCUT2D eigenvalue weighted by molar-refractivity contribution is 6.03. The first kappa shape index (κ1) is 11.8. The van der Waals surface area contributed by atoms with Crippen LogP contribution in [0.25, 0.3) is 0 Å². The van der Waals surface area contributed by atoms with Crippen LogP contribution in [0.2, 0.25) is 0 Å². The Labute approximate surface area is 102 Å². The number of nitrogens with zero attached hydrogens (tertiary/aromatic N) is 2. The average Bonchev–Trinajstić information content (AvgIpc) is 2.81. The summed E-state index contributed by atoms with van der Waals surface area (Å²) in [6.07, 6.45) is 2.86. The van der Waals surface area contributed by atoms with Crippen LogP contribution in [0.3, 0.4) is 0 Å². The Morgan fingerprint density at radius 3 is 2.83 bits per heavy atom. The summed E-state index contributed by atoms with van der Waals surface area (Å²) in [6, 6.07) is 4.40. The lowest BCUT2D eigenvalue weighted by Gasteiger charge is -2.04. The largest absolute Gasteiger partial charge is 0.322 e. The number of carbonyl (C=O) groups excluding carboxylic acids is 1. The molecule has 0 saturated heterocycles. The van der Waals surface area contributed by atoms with Gasteiger partial charge in [-0.2, -0.15) is 5.10 Å². The van der Waals surface area contributed by atoms with Crippen molar-refractivity contribution in [3.8, 4) is 0 Å². The van der Waals surface area contributed by atoms with Crippen molar-refractivity contribution in [2.45, 2.75) is 6.92 Å². The number of H-pyrrole nitrogens is 1. The van der Waals surface area contributed by atoms with E-state index in [2.05, 4.69) is 15.5 Å². The van der Waals surface area contributed by atoms with Gasteiger partial charge in [0.15, 0.2) is 0 Å². The fraction of sp³-hybridized carbons (Fsp3) is 0.0909. The molecule has 0 bridgehead atoms. The van der Waals surface area contributed by atoms with Crippen LogP contribution in [0.5, 0.6) is 0 Å². The minimum Gasteiger partial charge on any atom is -0.322 e. The molecule has 0 aliphatic carbocycles. The van der Waals surface area contributed by atoms with Crippen LogP contribution in [0, 0.1) is 17.0 Å². The molecule has 0 aliphatic rings. The summed E-state index contributed by atoms with van der Waals surface area (Å²) in [5.41, 5.74) is 1.41. The molecule has 18 heavy (non-hydrogen) atoms. The van der Waals surface area contributed by atoms with Crippen molar-refractivity contribution in [3.63, 3.8) is 0 Å². The Morgan fingerprint density at radius 2 is 2.28 bits per heavy atom. The van der Waals surface area contributed by atoms with Crippen molar-refractivity contribution in [2.24, 2.45) is 0 Å². The van der Waals surface area contributed by atoms with Crippen molar-refractivity contribution >= 4 is 17.3 Å². The van der Waals surface area contributed by atoms with Crippen molar-refractivity contribution in [2.75, 3.05) is 5.32 Å². The maximum absolute atomic E-state index is 11.7. The van der Waals surface area contributed by atoms with Crippen LogP contribution in [0.4, 0.5) is 11.4 Å². The molecule has 7 nitrogen and oxygen atoms in total. The van der Waals surface area contributed by atoms with Crippen molar-refractivity contribution < 1.29 is 9.72 Å². The summed E-state index contributed by atoms with van der Waals surface area (Å²) in [5, 5.41) is 19.5. The number of hydrogen-bond donors (Lipinski definition) is 2. The van der Waals surface area contributed by atoms with Gasteiger partial charge in [0.05, 0.1) is 16.7 Å². The molecule has 2 N–H and O–H groups in total. The fourth-order valence-electron chi connectivity index (χ4n) is 1.52. The molecule has 1 amide bonds. The summed E-state index contributed by atoms with van der Waals surface area (Å²) >= 11 is 0. The van der Waals surface area contributed by atoms with Gasteiger partial charge in [-0.3, -0.25) is 20.0 Å². The smallest absolute Gasteiger partial charge is 0.272 e. The molecule has 1 aromatic heterocycles. The second-order valence-corrected chi connectivity index (χ2v) is 3.70. The molecule has 0 unspecified atom stereocenters. The molecule has 92 valence electrons. The Morgan fingerprint density at radius 1 is 1.50 bits per heavy atom. The van der Waals surface area contributed by atoms with Gasteiger partial charge in [-0.15, -0.1) is 0 Å². The first-order chi connectivity index (χ1) is 8.58. The molecule has 2 rings (SSSR count). The minimum absolute atomic E-state index is 0.0244. The van der Waals surface area contributed by atoms with Crippen LogP contribution in [0.1, 0.15) is 15.9 Å². The van der Waals surface area contributed by atoms with Crippen LogP contribution in [-0.2, 0) is 0 Å². The van der Waals surface area contributed by atoms with E-state index in [0.29, 0.717) is 16.8 Å². The first-order valence-electron chi connectivity index (χ1n) is 5.13. The van der Waals surface area contributed by atoms with Gasteiger partial charge in [-0.05, 0) is 19.1 Å². The van der Waals surface area contributed by atoms with Crippen LogP contribution < -0.4 is 5.32 Å². The van der Waals surface area contributed by atoms with Gasteiger partial charge in [-0.25, -0.2) is 0 Å². The molecule has 7 heteroatoms. The molecule has 0 atom stereocenters. The second kappa shape index (κ2) is 4.66. The maximum Gasteiger partial charge on any atom is 0.272 e. The molecule has 0 aliphatic heterocycles. The van der Waals surface area contributed by atoms with Gasteiger partial charge in [0.1, 0.15) is 0 Å². The molecule has 0 spiro atoms. The molecule has 0 fully saturated rings. The third kappa shape index (κ3) is 2.34. The number of nitro groups is 1. The van der Waals surface area contributed by atoms with E-state index in [4.69, 9.17) is 0 Å². The molecular weight excluding hydrogens is 236 g/mol.